The Morgan fingerprint density at radius 2 is 1.41 bits per heavy atom. The fourth-order valence-corrected chi connectivity index (χ4v) is 2.10. The predicted molar refractivity (Wildman–Crippen MR) is 77.3 cm³/mol. The molecule has 0 rings (SSSR count). The summed E-state index contributed by atoms with van der Waals surface area (Å²) in [5, 5.41) is 9.63. The fraction of sp³-hybridized carbons (Fsp3) is 0.875. The highest BCUT2D eigenvalue weighted by Crippen LogP contribution is 2.12. The van der Waals surface area contributed by atoms with Gasteiger partial charge in [-0.2, -0.15) is 0 Å². The third kappa shape index (κ3) is 13.6. The largest absolute Gasteiger partial charge is 0.393 e. The van der Waals surface area contributed by atoms with Crippen LogP contribution in [0.3, 0.4) is 0 Å². The fourth-order valence-electron chi connectivity index (χ4n) is 2.10. The molecule has 1 atom stereocenters. The van der Waals surface area contributed by atoms with Gasteiger partial charge in [0, 0.05) is 0 Å². The first kappa shape index (κ1) is 16.7. The van der Waals surface area contributed by atoms with Crippen LogP contribution in [0.25, 0.3) is 0 Å². The van der Waals surface area contributed by atoms with Crippen molar-refractivity contribution in [1.29, 1.82) is 0 Å². The molecular formula is C16H32O. The smallest absolute Gasteiger partial charge is 0.0574 e. The molecule has 0 aromatic carbocycles. The molecule has 1 unspecified atom stereocenters. The molecule has 1 heteroatoms. The molecule has 1 nitrogen and oxygen atoms in total. The second kappa shape index (κ2) is 13.8. The summed E-state index contributed by atoms with van der Waals surface area (Å²) < 4.78 is 0. The van der Waals surface area contributed by atoms with Crippen LogP contribution in [-0.4, -0.2) is 11.2 Å². The lowest BCUT2D eigenvalue weighted by atomic mass is 10.0. The summed E-state index contributed by atoms with van der Waals surface area (Å²) >= 11 is 0. The van der Waals surface area contributed by atoms with Gasteiger partial charge in [-0.1, -0.05) is 76.9 Å². The van der Waals surface area contributed by atoms with Gasteiger partial charge in [-0.25, -0.2) is 0 Å². The van der Waals surface area contributed by atoms with Gasteiger partial charge < -0.3 is 5.11 Å². The van der Waals surface area contributed by atoms with E-state index in [4.69, 9.17) is 0 Å². The molecule has 0 aliphatic rings. The Kier molecular flexibility index (Phi) is 13.5. The molecule has 0 spiro atoms. The first-order chi connectivity index (χ1) is 8.31. The minimum atomic E-state index is -0.115. The number of hydrogen-bond donors (Lipinski definition) is 1. The molecule has 0 radical (unpaired) electrons. The molecule has 0 heterocycles. The average Bonchev–Trinajstić information content (AvgIpc) is 2.34. The van der Waals surface area contributed by atoms with E-state index in [1.165, 1.54) is 57.8 Å². The monoisotopic (exact) mass is 240 g/mol. The lowest BCUT2D eigenvalue weighted by Crippen LogP contribution is -2.04. The Labute approximate surface area is 108 Å². The Morgan fingerprint density at radius 3 is 1.94 bits per heavy atom. The SMILES string of the molecule is CC=CCC(O)CCCCCCCCCCC. The van der Waals surface area contributed by atoms with Crippen molar-refractivity contribution in [2.24, 2.45) is 0 Å². The second-order valence-corrected chi connectivity index (χ2v) is 5.08. The summed E-state index contributed by atoms with van der Waals surface area (Å²) in [6.07, 6.45) is 17.9. The molecule has 1 N–H and O–H groups in total. The van der Waals surface area contributed by atoms with Gasteiger partial charge in [-0.3, -0.25) is 0 Å². The molecule has 0 aromatic heterocycles. The van der Waals surface area contributed by atoms with Crippen LogP contribution in [0.1, 0.15) is 84.5 Å². The molecule has 0 aliphatic carbocycles. The quantitative estimate of drug-likeness (QED) is 0.365. The van der Waals surface area contributed by atoms with E-state index in [0.717, 1.165) is 12.8 Å². The minimum absolute atomic E-state index is 0.115. The summed E-state index contributed by atoms with van der Waals surface area (Å²) in [5.41, 5.74) is 0. The summed E-state index contributed by atoms with van der Waals surface area (Å²) in [6, 6.07) is 0. The molecular weight excluding hydrogens is 208 g/mol. The van der Waals surface area contributed by atoms with Crippen LogP contribution < -0.4 is 0 Å². The molecule has 0 aromatic rings. The summed E-state index contributed by atoms with van der Waals surface area (Å²) in [5.74, 6) is 0. The Hall–Kier alpha value is -0.300. The maximum absolute atomic E-state index is 9.63. The van der Waals surface area contributed by atoms with Crippen molar-refractivity contribution in [1.82, 2.24) is 0 Å². The molecule has 102 valence electrons. The van der Waals surface area contributed by atoms with Crippen molar-refractivity contribution in [3.05, 3.63) is 12.2 Å². The predicted octanol–water partition coefficient (Wildman–Crippen LogP) is 5.23. The highest BCUT2D eigenvalue weighted by molar-refractivity contribution is 4.79. The number of hydrogen-bond acceptors (Lipinski definition) is 1. The first-order valence-electron chi connectivity index (χ1n) is 7.60. The number of unbranched alkanes of at least 4 members (excludes halogenated alkanes) is 8. The van der Waals surface area contributed by atoms with E-state index in [1.807, 2.05) is 13.0 Å². The third-order valence-electron chi connectivity index (χ3n) is 3.28. The van der Waals surface area contributed by atoms with Crippen LogP contribution in [0.4, 0.5) is 0 Å². The minimum Gasteiger partial charge on any atom is -0.393 e. The van der Waals surface area contributed by atoms with Gasteiger partial charge in [-0.05, 0) is 19.8 Å². The van der Waals surface area contributed by atoms with E-state index in [0.29, 0.717) is 0 Å². The lowest BCUT2D eigenvalue weighted by Gasteiger charge is -2.07. The average molecular weight is 240 g/mol. The molecule has 0 amide bonds. The van der Waals surface area contributed by atoms with Gasteiger partial charge in [0.15, 0.2) is 0 Å². The maximum atomic E-state index is 9.63. The Balaban J connectivity index is 3.07. The molecule has 0 saturated heterocycles. The van der Waals surface area contributed by atoms with Crippen molar-refractivity contribution in [2.75, 3.05) is 0 Å². The van der Waals surface area contributed by atoms with E-state index in [2.05, 4.69) is 13.0 Å². The van der Waals surface area contributed by atoms with Crippen molar-refractivity contribution >= 4 is 0 Å². The van der Waals surface area contributed by atoms with Crippen molar-refractivity contribution in [3.8, 4) is 0 Å². The van der Waals surface area contributed by atoms with Gasteiger partial charge in [0.2, 0.25) is 0 Å². The van der Waals surface area contributed by atoms with Gasteiger partial charge in [-0.15, -0.1) is 0 Å². The standard InChI is InChI=1S/C16H32O/c1-3-5-7-8-9-10-11-12-13-15-16(17)14-6-4-2/h4,6,16-17H,3,5,7-15H2,1-2H3. The van der Waals surface area contributed by atoms with Gasteiger partial charge in [0.25, 0.3) is 0 Å². The molecule has 0 saturated carbocycles. The van der Waals surface area contributed by atoms with E-state index >= 15 is 0 Å². The van der Waals surface area contributed by atoms with Crippen molar-refractivity contribution < 1.29 is 5.11 Å². The Morgan fingerprint density at radius 1 is 0.882 bits per heavy atom. The Bertz CT molecular complexity index is 163. The highest BCUT2D eigenvalue weighted by atomic mass is 16.3. The first-order valence-corrected chi connectivity index (χ1v) is 7.60. The van der Waals surface area contributed by atoms with Crippen LogP contribution in [0.2, 0.25) is 0 Å². The van der Waals surface area contributed by atoms with E-state index < -0.39 is 0 Å². The summed E-state index contributed by atoms with van der Waals surface area (Å²) in [6.45, 7) is 4.27. The topological polar surface area (TPSA) is 20.2 Å². The number of rotatable bonds is 12. The van der Waals surface area contributed by atoms with Gasteiger partial charge in [0.1, 0.15) is 0 Å². The van der Waals surface area contributed by atoms with E-state index in [-0.39, 0.29) is 6.10 Å². The van der Waals surface area contributed by atoms with Crippen LogP contribution >= 0.6 is 0 Å². The molecule has 0 bridgehead atoms. The zero-order valence-corrected chi connectivity index (χ0v) is 12.0. The van der Waals surface area contributed by atoms with Crippen LogP contribution in [0.5, 0.6) is 0 Å². The zero-order chi connectivity index (χ0) is 12.8. The zero-order valence-electron chi connectivity index (χ0n) is 12.0. The van der Waals surface area contributed by atoms with Crippen LogP contribution in [-0.2, 0) is 0 Å². The van der Waals surface area contributed by atoms with Crippen LogP contribution in [0, 0.1) is 0 Å². The van der Waals surface area contributed by atoms with E-state index in [9.17, 15) is 5.11 Å². The van der Waals surface area contributed by atoms with Gasteiger partial charge in [0.05, 0.1) is 6.10 Å². The summed E-state index contributed by atoms with van der Waals surface area (Å²) in [4.78, 5) is 0. The lowest BCUT2D eigenvalue weighted by molar-refractivity contribution is 0.163. The van der Waals surface area contributed by atoms with Gasteiger partial charge >= 0.3 is 0 Å². The number of aliphatic hydroxyl groups is 1. The molecule has 0 fully saturated rings. The maximum Gasteiger partial charge on any atom is 0.0574 e. The van der Waals surface area contributed by atoms with E-state index in [1.54, 1.807) is 0 Å². The summed E-state index contributed by atoms with van der Waals surface area (Å²) in [7, 11) is 0. The normalized spacial score (nSPS) is 13.4. The number of aliphatic hydroxyl groups excluding tert-OH is 1. The van der Waals surface area contributed by atoms with Crippen LogP contribution in [0.15, 0.2) is 12.2 Å². The highest BCUT2D eigenvalue weighted by Gasteiger charge is 2.00. The van der Waals surface area contributed by atoms with Crippen molar-refractivity contribution in [2.45, 2.75) is 90.6 Å². The third-order valence-corrected chi connectivity index (χ3v) is 3.28. The van der Waals surface area contributed by atoms with Crippen molar-refractivity contribution in [3.63, 3.8) is 0 Å². The molecule has 0 aliphatic heterocycles. The second-order valence-electron chi connectivity index (χ2n) is 5.08. The number of allylic oxidation sites excluding steroid dienone is 1. The molecule has 17 heavy (non-hydrogen) atoms.